The van der Waals surface area contributed by atoms with Gasteiger partial charge in [0, 0.05) is 29.6 Å². The predicted octanol–water partition coefficient (Wildman–Crippen LogP) is 2.86. The van der Waals surface area contributed by atoms with Gasteiger partial charge in [-0.05, 0) is 53.7 Å². The van der Waals surface area contributed by atoms with E-state index in [-0.39, 0.29) is 5.78 Å². The lowest BCUT2D eigenvalue weighted by Gasteiger charge is -2.41. The molecule has 104 valence electrons. The van der Waals surface area contributed by atoms with Gasteiger partial charge < -0.3 is 0 Å². The van der Waals surface area contributed by atoms with E-state index in [0.717, 1.165) is 22.4 Å². The van der Waals surface area contributed by atoms with E-state index in [9.17, 15) is 4.79 Å². The summed E-state index contributed by atoms with van der Waals surface area (Å²) in [5, 5.41) is 1.97. The standard InChI is InChI=1S/C14H19BrN2OS/c1-10-7-16-5-2-3-11(16)8-17(10)9-13(18)14-12(15)4-6-19-14/h4,6,10-11H,2-3,5,7-9H2,1H3. The monoisotopic (exact) mass is 342 g/mol. The van der Waals surface area contributed by atoms with Crippen molar-refractivity contribution in [3.63, 3.8) is 0 Å². The number of carbonyl (C=O) groups excluding carboxylic acids is 1. The Morgan fingerprint density at radius 3 is 3.11 bits per heavy atom. The minimum absolute atomic E-state index is 0.250. The molecule has 0 bridgehead atoms. The first-order chi connectivity index (χ1) is 9.15. The van der Waals surface area contributed by atoms with Crippen LogP contribution in [0.1, 0.15) is 29.4 Å². The van der Waals surface area contributed by atoms with Crippen LogP contribution in [0.15, 0.2) is 15.9 Å². The first kappa shape index (κ1) is 13.7. The molecule has 5 heteroatoms. The molecule has 3 rings (SSSR count). The Bertz CT molecular complexity index is 476. The van der Waals surface area contributed by atoms with E-state index in [1.807, 2.05) is 11.4 Å². The van der Waals surface area contributed by atoms with Crippen LogP contribution in [0.25, 0.3) is 0 Å². The van der Waals surface area contributed by atoms with Gasteiger partial charge in [0.15, 0.2) is 5.78 Å². The molecule has 0 N–H and O–H groups in total. The summed E-state index contributed by atoms with van der Waals surface area (Å²) >= 11 is 4.99. The number of hydrogen-bond acceptors (Lipinski definition) is 4. The first-order valence-electron chi connectivity index (χ1n) is 6.89. The first-order valence-corrected chi connectivity index (χ1v) is 8.56. The van der Waals surface area contributed by atoms with Gasteiger partial charge in [0.25, 0.3) is 0 Å². The lowest BCUT2D eigenvalue weighted by Crippen LogP contribution is -2.55. The zero-order valence-electron chi connectivity index (χ0n) is 11.1. The van der Waals surface area contributed by atoms with Crippen LogP contribution in [0.4, 0.5) is 0 Å². The normalized spacial score (nSPS) is 28.5. The minimum atomic E-state index is 0.250. The predicted molar refractivity (Wildman–Crippen MR) is 82.0 cm³/mol. The van der Waals surface area contributed by atoms with E-state index in [2.05, 4.69) is 32.7 Å². The van der Waals surface area contributed by atoms with Crippen LogP contribution in [0.5, 0.6) is 0 Å². The lowest BCUT2D eigenvalue weighted by molar-refractivity contribution is 0.0537. The van der Waals surface area contributed by atoms with Crippen molar-refractivity contribution in [3.8, 4) is 0 Å². The summed E-state index contributed by atoms with van der Waals surface area (Å²) < 4.78 is 0.939. The van der Waals surface area contributed by atoms with Gasteiger partial charge in [-0.1, -0.05) is 0 Å². The van der Waals surface area contributed by atoms with Crippen molar-refractivity contribution < 1.29 is 4.79 Å². The Hall–Kier alpha value is -0.230. The van der Waals surface area contributed by atoms with Crippen LogP contribution >= 0.6 is 27.3 Å². The molecule has 3 heterocycles. The van der Waals surface area contributed by atoms with E-state index in [0.29, 0.717) is 18.6 Å². The molecular weight excluding hydrogens is 324 g/mol. The molecule has 3 nitrogen and oxygen atoms in total. The van der Waals surface area contributed by atoms with Gasteiger partial charge in [0.1, 0.15) is 0 Å². The van der Waals surface area contributed by atoms with Crippen LogP contribution in [0.3, 0.4) is 0 Å². The van der Waals surface area contributed by atoms with Crippen molar-refractivity contribution in [2.24, 2.45) is 0 Å². The number of halogens is 1. The van der Waals surface area contributed by atoms with Crippen molar-refractivity contribution in [1.29, 1.82) is 0 Å². The topological polar surface area (TPSA) is 23.6 Å². The number of rotatable bonds is 3. The summed E-state index contributed by atoms with van der Waals surface area (Å²) in [5.74, 6) is 0.250. The second-order valence-corrected chi connectivity index (χ2v) is 7.36. The molecule has 2 atom stereocenters. The summed E-state index contributed by atoms with van der Waals surface area (Å²) in [6.07, 6.45) is 2.61. The molecule has 2 saturated heterocycles. The third-order valence-corrected chi connectivity index (χ3v) is 6.16. The zero-order chi connectivity index (χ0) is 13.4. The Labute approximate surface area is 126 Å². The lowest BCUT2D eigenvalue weighted by atomic mass is 10.1. The van der Waals surface area contributed by atoms with Crippen molar-refractivity contribution in [2.75, 3.05) is 26.2 Å². The quantitative estimate of drug-likeness (QED) is 0.789. The molecule has 0 saturated carbocycles. The zero-order valence-corrected chi connectivity index (χ0v) is 13.5. The number of Topliss-reactive ketones (excluding diaryl/α,β-unsaturated/α-hetero) is 1. The third-order valence-electron chi connectivity index (χ3n) is 4.28. The molecule has 0 spiro atoms. The van der Waals surface area contributed by atoms with Gasteiger partial charge in [-0.3, -0.25) is 14.6 Å². The van der Waals surface area contributed by atoms with Gasteiger partial charge >= 0.3 is 0 Å². The van der Waals surface area contributed by atoms with Crippen molar-refractivity contribution in [3.05, 3.63) is 20.8 Å². The Balaban J connectivity index is 1.66. The van der Waals surface area contributed by atoms with E-state index in [1.165, 1.54) is 30.7 Å². The Kier molecular flexibility index (Phi) is 4.08. The second kappa shape index (κ2) is 5.64. The van der Waals surface area contributed by atoms with Gasteiger partial charge in [-0.15, -0.1) is 11.3 Å². The molecule has 1 aromatic heterocycles. The molecule has 0 radical (unpaired) electrons. The maximum Gasteiger partial charge on any atom is 0.187 e. The van der Waals surface area contributed by atoms with Gasteiger partial charge in [-0.25, -0.2) is 0 Å². The number of fused-ring (bicyclic) bond motifs is 1. The van der Waals surface area contributed by atoms with Gasteiger partial charge in [0.2, 0.25) is 0 Å². The smallest absolute Gasteiger partial charge is 0.187 e. The molecule has 1 aromatic rings. The molecule has 2 fully saturated rings. The van der Waals surface area contributed by atoms with Crippen molar-refractivity contribution in [1.82, 2.24) is 9.80 Å². The van der Waals surface area contributed by atoms with Crippen molar-refractivity contribution in [2.45, 2.75) is 31.8 Å². The van der Waals surface area contributed by atoms with E-state index < -0.39 is 0 Å². The van der Waals surface area contributed by atoms with Crippen LogP contribution < -0.4 is 0 Å². The molecular formula is C14H19BrN2OS. The highest BCUT2D eigenvalue weighted by molar-refractivity contribution is 9.10. The average molecular weight is 343 g/mol. The second-order valence-electron chi connectivity index (χ2n) is 5.59. The summed E-state index contributed by atoms with van der Waals surface area (Å²) in [5.41, 5.74) is 0. The Morgan fingerprint density at radius 2 is 2.37 bits per heavy atom. The summed E-state index contributed by atoms with van der Waals surface area (Å²) in [6.45, 7) is 6.21. The third kappa shape index (κ3) is 2.79. The van der Waals surface area contributed by atoms with Crippen molar-refractivity contribution >= 4 is 33.0 Å². The van der Waals surface area contributed by atoms with Crippen LogP contribution in [-0.2, 0) is 0 Å². The Morgan fingerprint density at radius 1 is 1.53 bits per heavy atom. The molecule has 0 amide bonds. The molecule has 0 aliphatic carbocycles. The minimum Gasteiger partial charge on any atom is -0.298 e. The number of nitrogens with zero attached hydrogens (tertiary/aromatic N) is 2. The average Bonchev–Trinajstić information content (AvgIpc) is 2.98. The van der Waals surface area contributed by atoms with Gasteiger partial charge in [-0.2, -0.15) is 0 Å². The highest BCUT2D eigenvalue weighted by Gasteiger charge is 2.35. The van der Waals surface area contributed by atoms with E-state index in [1.54, 1.807) is 0 Å². The van der Waals surface area contributed by atoms with E-state index >= 15 is 0 Å². The van der Waals surface area contributed by atoms with Crippen LogP contribution in [-0.4, -0.2) is 53.8 Å². The van der Waals surface area contributed by atoms with Gasteiger partial charge in [0.05, 0.1) is 11.4 Å². The molecule has 2 aliphatic rings. The fraction of sp³-hybridized carbons (Fsp3) is 0.643. The summed E-state index contributed by atoms with van der Waals surface area (Å²) in [4.78, 5) is 18.2. The molecule has 2 unspecified atom stereocenters. The maximum atomic E-state index is 12.4. The SMILES string of the molecule is CC1CN2CCCC2CN1CC(=O)c1sccc1Br. The number of hydrogen-bond donors (Lipinski definition) is 0. The molecule has 19 heavy (non-hydrogen) atoms. The fourth-order valence-electron chi connectivity index (χ4n) is 3.22. The number of ketones is 1. The maximum absolute atomic E-state index is 12.4. The summed E-state index contributed by atoms with van der Waals surface area (Å²) in [7, 11) is 0. The summed E-state index contributed by atoms with van der Waals surface area (Å²) in [6, 6.07) is 3.11. The number of carbonyl (C=O) groups is 1. The highest BCUT2D eigenvalue weighted by Crippen LogP contribution is 2.27. The van der Waals surface area contributed by atoms with Crippen LogP contribution in [0.2, 0.25) is 0 Å². The number of thiophene rings is 1. The highest BCUT2D eigenvalue weighted by atomic mass is 79.9. The molecule has 2 aliphatic heterocycles. The fourth-order valence-corrected chi connectivity index (χ4v) is 4.74. The molecule has 0 aromatic carbocycles. The van der Waals surface area contributed by atoms with Crippen LogP contribution in [0, 0.1) is 0 Å². The largest absolute Gasteiger partial charge is 0.298 e. The van der Waals surface area contributed by atoms with E-state index in [4.69, 9.17) is 0 Å². The number of piperazine rings is 1.